The van der Waals surface area contributed by atoms with Gasteiger partial charge in [-0.25, -0.2) is 14.4 Å². The Morgan fingerprint density at radius 1 is 1.18 bits per heavy atom. The lowest BCUT2D eigenvalue weighted by Gasteiger charge is -2.11. The van der Waals surface area contributed by atoms with Crippen LogP contribution in [0, 0.1) is 12.7 Å². The maximum absolute atomic E-state index is 14.4. The van der Waals surface area contributed by atoms with Gasteiger partial charge in [0, 0.05) is 19.3 Å². The molecule has 2 heterocycles. The number of pyridine rings is 1. The summed E-state index contributed by atoms with van der Waals surface area (Å²) in [5.74, 6) is 0.465. The Morgan fingerprint density at radius 2 is 1.95 bits per heavy atom. The molecule has 0 fully saturated rings. The highest BCUT2D eigenvalue weighted by atomic mass is 19.1. The van der Waals surface area contributed by atoms with Gasteiger partial charge in [0.25, 0.3) is 0 Å². The second-order valence-corrected chi connectivity index (χ2v) is 5.71. The molecule has 0 aliphatic carbocycles. The van der Waals surface area contributed by atoms with E-state index in [0.717, 1.165) is 28.0 Å². The lowest BCUT2D eigenvalue weighted by Crippen LogP contribution is -1.99. The predicted octanol–water partition coefficient (Wildman–Crippen LogP) is 4.17. The van der Waals surface area contributed by atoms with Crippen molar-refractivity contribution in [2.24, 2.45) is 0 Å². The largest absolute Gasteiger partial charge is 0.373 e. The average Bonchev–Trinajstić information content (AvgIpc) is 2.92. The minimum atomic E-state index is -0.297. The van der Waals surface area contributed by atoms with Crippen LogP contribution in [0.5, 0.6) is 0 Å². The summed E-state index contributed by atoms with van der Waals surface area (Å²) in [6.45, 7) is 6.09. The van der Waals surface area contributed by atoms with Crippen molar-refractivity contribution < 1.29 is 4.39 Å². The fraction of sp³-hybridized carbons (Fsp3) is 0.294. The molecule has 0 aliphatic rings. The summed E-state index contributed by atoms with van der Waals surface area (Å²) in [5, 5.41) is 3.02. The molecule has 0 aliphatic heterocycles. The minimum absolute atomic E-state index is 0.228. The topological polar surface area (TPSA) is 42.7 Å². The van der Waals surface area contributed by atoms with Crippen LogP contribution in [0.4, 0.5) is 10.2 Å². The van der Waals surface area contributed by atoms with E-state index in [4.69, 9.17) is 0 Å². The number of rotatable bonds is 3. The molecule has 1 aromatic carbocycles. The SMILES string of the molecule is CNc1cc(-c2cc(F)c3ncn(C(C)C)c3c2)c(C)cn1. The first kappa shape index (κ1) is 14.5. The number of nitrogens with zero attached hydrogens (tertiary/aromatic N) is 3. The average molecular weight is 298 g/mol. The van der Waals surface area contributed by atoms with Gasteiger partial charge in [0.15, 0.2) is 5.82 Å². The van der Waals surface area contributed by atoms with Crippen LogP contribution in [0.25, 0.3) is 22.2 Å². The summed E-state index contributed by atoms with van der Waals surface area (Å²) < 4.78 is 16.4. The Bertz CT molecular complexity index is 836. The number of fused-ring (bicyclic) bond motifs is 1. The van der Waals surface area contributed by atoms with Crippen LogP contribution in [-0.2, 0) is 0 Å². The van der Waals surface area contributed by atoms with Crippen molar-refractivity contribution in [3.63, 3.8) is 0 Å². The molecule has 2 aromatic heterocycles. The number of aryl methyl sites for hydroxylation is 1. The Kier molecular flexibility index (Phi) is 3.56. The molecule has 0 spiro atoms. The monoisotopic (exact) mass is 298 g/mol. The Morgan fingerprint density at radius 3 is 2.64 bits per heavy atom. The van der Waals surface area contributed by atoms with Crippen molar-refractivity contribution >= 4 is 16.9 Å². The molecule has 1 N–H and O–H groups in total. The van der Waals surface area contributed by atoms with Crippen molar-refractivity contribution in [2.75, 3.05) is 12.4 Å². The fourth-order valence-corrected chi connectivity index (χ4v) is 2.63. The number of nitrogens with one attached hydrogen (secondary N) is 1. The van der Waals surface area contributed by atoms with E-state index in [1.807, 2.05) is 30.7 Å². The highest BCUT2D eigenvalue weighted by molar-refractivity contribution is 5.84. The molecule has 0 radical (unpaired) electrons. The van der Waals surface area contributed by atoms with Gasteiger partial charge in [-0.15, -0.1) is 0 Å². The van der Waals surface area contributed by atoms with Crippen LogP contribution in [0.2, 0.25) is 0 Å². The second kappa shape index (κ2) is 5.40. The van der Waals surface area contributed by atoms with Gasteiger partial charge in [-0.3, -0.25) is 0 Å². The number of hydrogen-bond acceptors (Lipinski definition) is 3. The number of hydrogen-bond donors (Lipinski definition) is 1. The van der Waals surface area contributed by atoms with Gasteiger partial charge in [0.1, 0.15) is 11.3 Å². The summed E-state index contributed by atoms with van der Waals surface area (Å²) >= 11 is 0. The van der Waals surface area contributed by atoms with Gasteiger partial charge in [-0.2, -0.15) is 0 Å². The summed E-state index contributed by atoms with van der Waals surface area (Å²) in [6, 6.07) is 5.70. The lowest BCUT2D eigenvalue weighted by atomic mass is 10.0. The molecule has 5 heteroatoms. The zero-order chi connectivity index (χ0) is 15.9. The maximum Gasteiger partial charge on any atom is 0.151 e. The van der Waals surface area contributed by atoms with E-state index in [1.54, 1.807) is 18.6 Å². The van der Waals surface area contributed by atoms with Crippen molar-refractivity contribution in [1.29, 1.82) is 0 Å². The summed E-state index contributed by atoms with van der Waals surface area (Å²) in [7, 11) is 1.82. The van der Waals surface area contributed by atoms with Gasteiger partial charge >= 0.3 is 0 Å². The molecule has 22 heavy (non-hydrogen) atoms. The molecule has 4 nitrogen and oxygen atoms in total. The molecule has 0 saturated carbocycles. The summed E-state index contributed by atoms with van der Waals surface area (Å²) in [4.78, 5) is 8.47. The lowest BCUT2D eigenvalue weighted by molar-refractivity contribution is 0.617. The van der Waals surface area contributed by atoms with E-state index in [9.17, 15) is 4.39 Å². The normalized spacial score (nSPS) is 11.4. The van der Waals surface area contributed by atoms with Gasteiger partial charge in [-0.1, -0.05) is 0 Å². The Balaban J connectivity index is 2.25. The van der Waals surface area contributed by atoms with Gasteiger partial charge in [0.2, 0.25) is 0 Å². The number of halogens is 1. The molecule has 0 unspecified atom stereocenters. The third-order valence-electron chi connectivity index (χ3n) is 3.86. The summed E-state index contributed by atoms with van der Waals surface area (Å²) in [5.41, 5.74) is 4.04. The van der Waals surface area contributed by atoms with Crippen LogP contribution < -0.4 is 5.32 Å². The Labute approximate surface area is 129 Å². The molecule has 0 amide bonds. The first-order chi connectivity index (χ1) is 10.5. The number of aromatic nitrogens is 3. The quantitative estimate of drug-likeness (QED) is 0.789. The van der Waals surface area contributed by atoms with E-state index >= 15 is 0 Å². The molecule has 3 rings (SSSR count). The third kappa shape index (κ3) is 2.32. The zero-order valence-corrected chi connectivity index (χ0v) is 13.2. The van der Waals surface area contributed by atoms with Crippen LogP contribution in [0.1, 0.15) is 25.5 Å². The first-order valence-electron chi connectivity index (χ1n) is 7.32. The van der Waals surface area contributed by atoms with Crippen LogP contribution in [-0.4, -0.2) is 21.6 Å². The van der Waals surface area contributed by atoms with Crippen molar-refractivity contribution in [3.8, 4) is 11.1 Å². The maximum atomic E-state index is 14.4. The standard InChI is InChI=1S/C17H19FN4/c1-10(2)22-9-21-17-14(18)5-12(6-15(17)22)13-7-16(19-4)20-8-11(13)3/h5-10H,1-4H3,(H,19,20). The number of benzene rings is 1. The smallest absolute Gasteiger partial charge is 0.151 e. The predicted molar refractivity (Wildman–Crippen MR) is 87.6 cm³/mol. The van der Waals surface area contributed by atoms with E-state index < -0.39 is 0 Å². The van der Waals surface area contributed by atoms with E-state index in [1.165, 1.54) is 0 Å². The van der Waals surface area contributed by atoms with E-state index in [-0.39, 0.29) is 11.9 Å². The second-order valence-electron chi connectivity index (χ2n) is 5.71. The highest BCUT2D eigenvalue weighted by Gasteiger charge is 2.14. The molecule has 3 aromatic rings. The molecular weight excluding hydrogens is 279 g/mol. The first-order valence-corrected chi connectivity index (χ1v) is 7.32. The highest BCUT2D eigenvalue weighted by Crippen LogP contribution is 2.30. The molecular formula is C17H19FN4. The fourth-order valence-electron chi connectivity index (χ4n) is 2.63. The van der Waals surface area contributed by atoms with Crippen molar-refractivity contribution in [1.82, 2.24) is 14.5 Å². The molecule has 114 valence electrons. The van der Waals surface area contributed by atoms with Crippen LogP contribution in [0.3, 0.4) is 0 Å². The van der Waals surface area contributed by atoms with E-state index in [0.29, 0.717) is 5.52 Å². The van der Waals surface area contributed by atoms with Crippen LogP contribution in [0.15, 0.2) is 30.7 Å². The number of anilines is 1. The number of imidazole rings is 1. The van der Waals surface area contributed by atoms with Gasteiger partial charge in [-0.05, 0) is 55.7 Å². The Hall–Kier alpha value is -2.43. The van der Waals surface area contributed by atoms with Crippen molar-refractivity contribution in [2.45, 2.75) is 26.8 Å². The summed E-state index contributed by atoms with van der Waals surface area (Å²) in [6.07, 6.45) is 3.49. The zero-order valence-electron chi connectivity index (χ0n) is 13.2. The molecule has 0 atom stereocenters. The van der Waals surface area contributed by atoms with Crippen LogP contribution >= 0.6 is 0 Å². The van der Waals surface area contributed by atoms with Crippen molar-refractivity contribution in [3.05, 3.63) is 42.1 Å². The third-order valence-corrected chi connectivity index (χ3v) is 3.86. The van der Waals surface area contributed by atoms with Gasteiger partial charge < -0.3 is 9.88 Å². The molecule has 0 bridgehead atoms. The minimum Gasteiger partial charge on any atom is -0.373 e. The van der Waals surface area contributed by atoms with Gasteiger partial charge in [0.05, 0.1) is 11.8 Å². The van der Waals surface area contributed by atoms with E-state index in [2.05, 4.69) is 29.1 Å². The molecule has 0 saturated heterocycles.